The van der Waals surface area contributed by atoms with Gasteiger partial charge in [-0.25, -0.2) is 0 Å². The van der Waals surface area contributed by atoms with Gasteiger partial charge in [-0.15, -0.1) is 0 Å². The maximum absolute atomic E-state index is 9.07. The van der Waals surface area contributed by atoms with Gasteiger partial charge in [-0.1, -0.05) is 6.92 Å². The molecule has 1 atom stereocenters. The molecule has 0 aliphatic rings. The van der Waals surface area contributed by atoms with Crippen LogP contribution >= 0.6 is 0 Å². The first kappa shape index (κ1) is 18.0. The van der Waals surface area contributed by atoms with Crippen molar-refractivity contribution in [1.29, 1.82) is 0 Å². The average molecular weight is 279 g/mol. The third-order valence-corrected chi connectivity index (χ3v) is 5.27. The van der Waals surface area contributed by atoms with Crippen LogP contribution in [0.4, 0.5) is 0 Å². The summed E-state index contributed by atoms with van der Waals surface area (Å²) in [4.78, 5) is 2.12. The number of rotatable bonds is 12. The SMILES string of the molecule is CCO[SiH](CC(CC)N(CCO)CCO)OCC. The summed E-state index contributed by atoms with van der Waals surface area (Å²) in [6.07, 6.45) is 0.976. The summed E-state index contributed by atoms with van der Waals surface area (Å²) in [7, 11) is -1.62. The molecule has 0 fully saturated rings. The predicted molar refractivity (Wildman–Crippen MR) is 75.0 cm³/mol. The van der Waals surface area contributed by atoms with E-state index in [4.69, 9.17) is 19.1 Å². The molecule has 2 N–H and O–H groups in total. The van der Waals surface area contributed by atoms with Crippen LogP contribution in [0.15, 0.2) is 0 Å². The molecular weight excluding hydrogens is 250 g/mol. The van der Waals surface area contributed by atoms with E-state index in [0.717, 1.165) is 12.5 Å². The second-order valence-corrected chi connectivity index (χ2v) is 6.12. The fraction of sp³-hybridized carbons (Fsp3) is 1.00. The van der Waals surface area contributed by atoms with Crippen molar-refractivity contribution in [2.24, 2.45) is 0 Å². The van der Waals surface area contributed by atoms with Gasteiger partial charge in [0.1, 0.15) is 0 Å². The fourth-order valence-corrected chi connectivity index (χ4v) is 4.27. The van der Waals surface area contributed by atoms with Gasteiger partial charge in [0.2, 0.25) is 0 Å². The van der Waals surface area contributed by atoms with Crippen molar-refractivity contribution >= 4 is 9.28 Å². The Labute approximate surface area is 113 Å². The molecule has 0 aromatic carbocycles. The molecule has 0 amide bonds. The lowest BCUT2D eigenvalue weighted by atomic mass is 10.2. The van der Waals surface area contributed by atoms with Crippen LogP contribution in [-0.2, 0) is 8.85 Å². The molecule has 0 saturated carbocycles. The molecule has 5 nitrogen and oxygen atoms in total. The van der Waals surface area contributed by atoms with E-state index < -0.39 is 9.28 Å². The molecule has 0 aromatic rings. The fourth-order valence-electron chi connectivity index (χ4n) is 2.09. The van der Waals surface area contributed by atoms with Crippen LogP contribution in [0.5, 0.6) is 0 Å². The van der Waals surface area contributed by atoms with Crippen molar-refractivity contribution in [3.8, 4) is 0 Å². The Morgan fingerprint density at radius 3 is 1.83 bits per heavy atom. The van der Waals surface area contributed by atoms with E-state index in [2.05, 4.69) is 11.8 Å². The van der Waals surface area contributed by atoms with Crippen LogP contribution in [0.3, 0.4) is 0 Å². The first-order chi connectivity index (χ1) is 8.73. The quantitative estimate of drug-likeness (QED) is 0.505. The van der Waals surface area contributed by atoms with E-state index >= 15 is 0 Å². The highest BCUT2D eigenvalue weighted by molar-refractivity contribution is 6.44. The lowest BCUT2D eigenvalue weighted by Crippen LogP contribution is -2.42. The van der Waals surface area contributed by atoms with Crippen LogP contribution in [0.2, 0.25) is 6.04 Å². The van der Waals surface area contributed by atoms with Crippen LogP contribution in [0, 0.1) is 0 Å². The second kappa shape index (κ2) is 12.1. The Hall–Kier alpha value is 0.0169. The zero-order valence-corrected chi connectivity index (χ0v) is 13.1. The number of aliphatic hydroxyl groups excluding tert-OH is 2. The molecule has 0 aromatic heterocycles. The standard InChI is InChI=1S/C12H29NO4Si/c1-4-12(13(7-9-14)8-10-15)11-18(16-5-2)17-6-3/h12,14-15,18H,4-11H2,1-3H3. The maximum atomic E-state index is 9.07. The summed E-state index contributed by atoms with van der Waals surface area (Å²) in [5, 5.41) is 18.1. The number of nitrogens with zero attached hydrogens (tertiary/aromatic N) is 1. The molecule has 0 radical (unpaired) electrons. The molecule has 1 unspecified atom stereocenters. The van der Waals surface area contributed by atoms with Crippen molar-refractivity contribution in [3.63, 3.8) is 0 Å². The van der Waals surface area contributed by atoms with E-state index in [1.807, 2.05) is 13.8 Å². The Kier molecular flexibility index (Phi) is 12.1. The third kappa shape index (κ3) is 7.45. The van der Waals surface area contributed by atoms with Gasteiger partial charge in [-0.2, -0.15) is 0 Å². The third-order valence-electron chi connectivity index (χ3n) is 2.93. The van der Waals surface area contributed by atoms with E-state index in [0.29, 0.717) is 32.3 Å². The topological polar surface area (TPSA) is 62.2 Å². The monoisotopic (exact) mass is 279 g/mol. The largest absolute Gasteiger partial charge is 0.397 e. The normalized spacial score (nSPS) is 13.5. The van der Waals surface area contributed by atoms with Gasteiger partial charge in [0.05, 0.1) is 13.2 Å². The van der Waals surface area contributed by atoms with Crippen molar-refractivity contribution < 1.29 is 19.1 Å². The Morgan fingerprint density at radius 1 is 1.00 bits per heavy atom. The minimum Gasteiger partial charge on any atom is -0.397 e. The smallest absolute Gasteiger partial charge is 0.322 e. The molecule has 6 heteroatoms. The van der Waals surface area contributed by atoms with Gasteiger partial charge in [-0.05, 0) is 20.3 Å². The van der Waals surface area contributed by atoms with Gasteiger partial charge < -0.3 is 19.1 Å². The van der Waals surface area contributed by atoms with Gasteiger partial charge in [0.25, 0.3) is 0 Å². The Balaban J connectivity index is 4.39. The highest BCUT2D eigenvalue weighted by atomic mass is 28.3. The van der Waals surface area contributed by atoms with Crippen molar-refractivity contribution in [2.45, 2.75) is 39.3 Å². The van der Waals surface area contributed by atoms with Gasteiger partial charge >= 0.3 is 9.28 Å². The molecule has 0 aliphatic carbocycles. The van der Waals surface area contributed by atoms with E-state index in [-0.39, 0.29) is 13.2 Å². The van der Waals surface area contributed by atoms with Gasteiger partial charge in [0, 0.05) is 38.4 Å². The molecule has 110 valence electrons. The average Bonchev–Trinajstić information content (AvgIpc) is 2.36. The Bertz CT molecular complexity index is 173. The Morgan fingerprint density at radius 2 is 1.50 bits per heavy atom. The summed E-state index contributed by atoms with van der Waals surface area (Å²) in [5.41, 5.74) is 0. The first-order valence-corrected chi connectivity index (χ1v) is 8.68. The molecule has 0 spiro atoms. The van der Waals surface area contributed by atoms with E-state index in [9.17, 15) is 0 Å². The maximum Gasteiger partial charge on any atom is 0.322 e. The zero-order valence-electron chi connectivity index (χ0n) is 12.0. The van der Waals surface area contributed by atoms with Crippen LogP contribution in [0.25, 0.3) is 0 Å². The molecule has 0 heterocycles. The summed E-state index contributed by atoms with van der Waals surface area (Å²) in [6.45, 7) is 8.89. The van der Waals surface area contributed by atoms with Crippen LogP contribution in [0.1, 0.15) is 27.2 Å². The summed E-state index contributed by atoms with van der Waals surface area (Å²) >= 11 is 0. The number of aliphatic hydroxyl groups is 2. The van der Waals surface area contributed by atoms with Crippen LogP contribution < -0.4 is 0 Å². The van der Waals surface area contributed by atoms with E-state index in [1.54, 1.807) is 0 Å². The van der Waals surface area contributed by atoms with Gasteiger partial charge in [0.15, 0.2) is 0 Å². The lowest BCUT2D eigenvalue weighted by Gasteiger charge is -2.31. The lowest BCUT2D eigenvalue weighted by molar-refractivity contribution is 0.118. The molecule has 0 saturated heterocycles. The molecule has 0 bridgehead atoms. The minimum absolute atomic E-state index is 0.117. The number of hydrogen-bond donors (Lipinski definition) is 2. The van der Waals surface area contributed by atoms with E-state index in [1.165, 1.54) is 0 Å². The molecular formula is C12H29NO4Si. The summed E-state index contributed by atoms with van der Waals surface area (Å²) < 4.78 is 11.4. The second-order valence-electron chi connectivity index (χ2n) is 4.12. The van der Waals surface area contributed by atoms with Crippen molar-refractivity contribution in [2.75, 3.05) is 39.5 Å². The minimum atomic E-state index is -1.62. The summed E-state index contributed by atoms with van der Waals surface area (Å²) in [5.74, 6) is 0. The van der Waals surface area contributed by atoms with Crippen LogP contribution in [-0.4, -0.2) is 70.0 Å². The predicted octanol–water partition coefficient (Wildman–Crippen LogP) is 0.345. The van der Waals surface area contributed by atoms with Crippen molar-refractivity contribution in [1.82, 2.24) is 4.90 Å². The molecule has 18 heavy (non-hydrogen) atoms. The molecule has 0 aliphatic heterocycles. The van der Waals surface area contributed by atoms with Gasteiger partial charge in [-0.3, -0.25) is 4.90 Å². The summed E-state index contributed by atoms with van der Waals surface area (Å²) in [6, 6.07) is 1.22. The highest BCUT2D eigenvalue weighted by Crippen LogP contribution is 2.13. The number of hydrogen-bond acceptors (Lipinski definition) is 5. The molecule has 0 rings (SSSR count). The highest BCUT2D eigenvalue weighted by Gasteiger charge is 2.23. The van der Waals surface area contributed by atoms with Crippen molar-refractivity contribution in [3.05, 3.63) is 0 Å². The zero-order chi connectivity index (χ0) is 13.8. The first-order valence-electron chi connectivity index (χ1n) is 6.92.